The van der Waals surface area contributed by atoms with Gasteiger partial charge in [0, 0.05) is 27.9 Å². The second kappa shape index (κ2) is 6.81. The number of rotatable bonds is 5. The van der Waals surface area contributed by atoms with Crippen LogP contribution in [0.1, 0.15) is 21.7 Å². The van der Waals surface area contributed by atoms with Crippen molar-refractivity contribution >= 4 is 50.4 Å². The molecule has 0 radical (unpaired) electrons. The van der Waals surface area contributed by atoms with E-state index in [4.69, 9.17) is 0 Å². The van der Waals surface area contributed by atoms with E-state index in [1.165, 1.54) is 22.7 Å². The summed E-state index contributed by atoms with van der Waals surface area (Å²) in [7, 11) is 0. The van der Waals surface area contributed by atoms with Gasteiger partial charge in [-0.25, -0.2) is 9.97 Å². The average molecular weight is 382 g/mol. The third-order valence-corrected chi connectivity index (χ3v) is 5.41. The number of Topliss-reactive ketones (excluding diaryl/α,β-unsaturated/α-hetero) is 1. The van der Waals surface area contributed by atoms with Crippen molar-refractivity contribution in [3.05, 3.63) is 63.7 Å². The fourth-order valence-electron chi connectivity index (χ4n) is 2.74. The van der Waals surface area contributed by atoms with E-state index in [1.807, 2.05) is 46.5 Å². The number of anilines is 1. The molecular weight excluding hydrogens is 368 g/mol. The predicted molar refractivity (Wildman–Crippen MR) is 103 cm³/mol. The molecule has 1 N–H and O–H groups in total. The molecule has 0 bridgehead atoms. The Bertz CT molecular complexity index is 1100. The molecule has 4 rings (SSSR count). The first kappa shape index (κ1) is 16.6. The van der Waals surface area contributed by atoms with Crippen LogP contribution < -0.4 is 5.32 Å². The number of para-hydroxylation sites is 1. The smallest absolute Gasteiger partial charge is 0.298 e. The van der Waals surface area contributed by atoms with Gasteiger partial charge in [-0.05, 0) is 13.0 Å². The molecule has 0 aliphatic carbocycles. The van der Waals surface area contributed by atoms with E-state index in [2.05, 4.69) is 15.3 Å². The number of ketones is 1. The zero-order valence-electron chi connectivity index (χ0n) is 13.8. The van der Waals surface area contributed by atoms with Crippen LogP contribution in [0.4, 0.5) is 5.13 Å². The minimum absolute atomic E-state index is 0.376. The van der Waals surface area contributed by atoms with Crippen molar-refractivity contribution in [2.24, 2.45) is 0 Å². The van der Waals surface area contributed by atoms with Crippen molar-refractivity contribution in [1.82, 2.24) is 14.5 Å². The Morgan fingerprint density at radius 1 is 1.23 bits per heavy atom. The predicted octanol–water partition coefficient (Wildman–Crippen LogP) is 3.73. The third kappa shape index (κ3) is 3.16. The number of carbonyl (C=O) groups is 2. The SMILES string of the molecule is Cc1csc(NC(=O)C(=O)c2cn(Cc3cscn3)c3ccccc23)n1. The lowest BCUT2D eigenvalue weighted by molar-refractivity contribution is -0.112. The van der Waals surface area contributed by atoms with Crippen LogP contribution in [0.3, 0.4) is 0 Å². The molecule has 0 aliphatic rings. The third-order valence-electron chi connectivity index (χ3n) is 3.89. The van der Waals surface area contributed by atoms with Gasteiger partial charge in [0.2, 0.25) is 0 Å². The molecule has 8 heteroatoms. The first-order valence-electron chi connectivity index (χ1n) is 7.84. The van der Waals surface area contributed by atoms with Crippen LogP contribution in [0.15, 0.2) is 46.7 Å². The number of fused-ring (bicyclic) bond motifs is 1. The molecule has 3 heterocycles. The van der Waals surface area contributed by atoms with Crippen LogP contribution >= 0.6 is 22.7 Å². The van der Waals surface area contributed by atoms with Gasteiger partial charge < -0.3 is 4.57 Å². The maximum Gasteiger partial charge on any atom is 0.298 e. The first-order valence-corrected chi connectivity index (χ1v) is 9.67. The lowest BCUT2D eigenvalue weighted by atomic mass is 10.1. The fraction of sp³-hybridized carbons (Fsp3) is 0.111. The quantitative estimate of drug-likeness (QED) is 0.421. The summed E-state index contributed by atoms with van der Waals surface area (Å²) in [6.07, 6.45) is 1.72. The van der Waals surface area contributed by atoms with E-state index in [0.29, 0.717) is 17.2 Å². The summed E-state index contributed by atoms with van der Waals surface area (Å²) < 4.78 is 1.94. The highest BCUT2D eigenvalue weighted by atomic mass is 32.1. The van der Waals surface area contributed by atoms with Crippen LogP contribution in [-0.4, -0.2) is 26.2 Å². The van der Waals surface area contributed by atoms with Crippen LogP contribution in [0.2, 0.25) is 0 Å². The fourth-order valence-corrected chi connectivity index (χ4v) is 3.97. The summed E-state index contributed by atoms with van der Waals surface area (Å²) in [4.78, 5) is 33.6. The lowest BCUT2D eigenvalue weighted by Crippen LogP contribution is -2.22. The highest BCUT2D eigenvalue weighted by Gasteiger charge is 2.22. The highest BCUT2D eigenvalue weighted by molar-refractivity contribution is 7.14. The van der Waals surface area contributed by atoms with E-state index < -0.39 is 11.7 Å². The van der Waals surface area contributed by atoms with Gasteiger partial charge in [-0.1, -0.05) is 18.2 Å². The van der Waals surface area contributed by atoms with Gasteiger partial charge >= 0.3 is 0 Å². The van der Waals surface area contributed by atoms with Crippen molar-refractivity contribution in [2.45, 2.75) is 13.5 Å². The van der Waals surface area contributed by atoms with Crippen molar-refractivity contribution in [1.29, 1.82) is 0 Å². The summed E-state index contributed by atoms with van der Waals surface area (Å²) in [5, 5.41) is 7.54. The molecule has 0 fully saturated rings. The molecule has 6 nitrogen and oxygen atoms in total. The Balaban J connectivity index is 1.67. The number of nitrogens with zero attached hydrogens (tertiary/aromatic N) is 3. The molecule has 0 atom stereocenters. The minimum Gasteiger partial charge on any atom is -0.341 e. The second-order valence-corrected chi connectivity index (χ2v) is 7.32. The van der Waals surface area contributed by atoms with Crippen LogP contribution in [-0.2, 0) is 11.3 Å². The van der Waals surface area contributed by atoms with Crippen LogP contribution in [0.5, 0.6) is 0 Å². The average Bonchev–Trinajstić information content (AvgIpc) is 3.36. The molecule has 0 saturated carbocycles. The van der Waals surface area contributed by atoms with E-state index >= 15 is 0 Å². The number of benzene rings is 1. The van der Waals surface area contributed by atoms with E-state index in [0.717, 1.165) is 22.3 Å². The summed E-state index contributed by atoms with van der Waals surface area (Å²) in [6.45, 7) is 2.38. The second-order valence-electron chi connectivity index (χ2n) is 5.74. The van der Waals surface area contributed by atoms with Gasteiger partial charge in [0.25, 0.3) is 11.7 Å². The Morgan fingerprint density at radius 2 is 2.08 bits per heavy atom. The van der Waals surface area contributed by atoms with Gasteiger partial charge in [0.15, 0.2) is 5.13 Å². The normalized spacial score (nSPS) is 11.0. The Hall–Kier alpha value is -2.84. The number of thiazole rings is 2. The molecular formula is C18H14N4O2S2. The zero-order chi connectivity index (χ0) is 18.1. The van der Waals surface area contributed by atoms with E-state index in [-0.39, 0.29) is 0 Å². The Labute approximate surface area is 157 Å². The van der Waals surface area contributed by atoms with Gasteiger partial charge in [-0.3, -0.25) is 14.9 Å². The Kier molecular flexibility index (Phi) is 4.36. The Morgan fingerprint density at radius 3 is 2.81 bits per heavy atom. The number of aryl methyl sites for hydroxylation is 1. The summed E-state index contributed by atoms with van der Waals surface area (Å²) in [5.74, 6) is -1.26. The molecule has 130 valence electrons. The van der Waals surface area contributed by atoms with Crippen LogP contribution in [0.25, 0.3) is 10.9 Å². The number of nitrogens with one attached hydrogen (secondary N) is 1. The number of aromatic nitrogens is 3. The van der Waals surface area contributed by atoms with Gasteiger partial charge in [0.05, 0.1) is 29.0 Å². The van der Waals surface area contributed by atoms with Gasteiger partial charge in [-0.2, -0.15) is 0 Å². The summed E-state index contributed by atoms with van der Waals surface area (Å²) in [6, 6.07) is 7.54. The van der Waals surface area contributed by atoms with Crippen LogP contribution in [0, 0.1) is 6.92 Å². The van der Waals surface area contributed by atoms with E-state index in [1.54, 1.807) is 11.7 Å². The molecule has 3 aromatic heterocycles. The monoisotopic (exact) mass is 382 g/mol. The molecule has 1 aromatic carbocycles. The van der Waals surface area contributed by atoms with Crippen molar-refractivity contribution in [3.8, 4) is 0 Å². The first-order chi connectivity index (χ1) is 12.6. The standard InChI is InChI=1S/C18H14N4O2S2/c1-11-8-26-18(20-11)21-17(24)16(23)14-7-22(6-12-9-25-10-19-12)15-5-3-2-4-13(14)15/h2-5,7-10H,6H2,1H3,(H,20,21,24). The number of hydrogen-bond donors (Lipinski definition) is 1. The largest absolute Gasteiger partial charge is 0.341 e. The number of carbonyl (C=O) groups excluding carboxylic acids is 2. The van der Waals surface area contributed by atoms with Crippen molar-refractivity contribution < 1.29 is 9.59 Å². The number of amides is 1. The molecule has 4 aromatic rings. The highest BCUT2D eigenvalue weighted by Crippen LogP contribution is 2.24. The summed E-state index contributed by atoms with van der Waals surface area (Å²) >= 11 is 2.82. The van der Waals surface area contributed by atoms with Crippen molar-refractivity contribution in [3.63, 3.8) is 0 Å². The van der Waals surface area contributed by atoms with E-state index in [9.17, 15) is 9.59 Å². The minimum atomic E-state index is -0.684. The molecule has 0 unspecified atom stereocenters. The topological polar surface area (TPSA) is 76.9 Å². The lowest BCUT2D eigenvalue weighted by Gasteiger charge is -2.01. The molecule has 1 amide bonds. The van der Waals surface area contributed by atoms with Gasteiger partial charge in [0.1, 0.15) is 0 Å². The maximum atomic E-state index is 12.7. The molecule has 26 heavy (non-hydrogen) atoms. The van der Waals surface area contributed by atoms with Gasteiger partial charge in [-0.15, -0.1) is 22.7 Å². The molecule has 0 saturated heterocycles. The number of hydrogen-bond acceptors (Lipinski definition) is 6. The summed E-state index contributed by atoms with van der Waals surface area (Å²) in [5.41, 5.74) is 4.76. The maximum absolute atomic E-state index is 12.7. The molecule has 0 aliphatic heterocycles. The zero-order valence-corrected chi connectivity index (χ0v) is 15.4. The van der Waals surface area contributed by atoms with Crippen molar-refractivity contribution in [2.75, 3.05) is 5.32 Å². The molecule has 0 spiro atoms.